The predicted molar refractivity (Wildman–Crippen MR) is 41.7 cm³/mol. The molecular weight excluding hydrogens is 144 g/mol. The van der Waals surface area contributed by atoms with Gasteiger partial charge >= 0.3 is 5.97 Å². The van der Waals surface area contributed by atoms with Crippen LogP contribution in [0.2, 0.25) is 0 Å². The number of hydrogen-bond acceptors (Lipinski definition) is 2. The molecule has 0 fully saturated rings. The van der Waals surface area contributed by atoms with Crippen LogP contribution in [0.25, 0.3) is 0 Å². The summed E-state index contributed by atoms with van der Waals surface area (Å²) in [7, 11) is 1.75. The van der Waals surface area contributed by atoms with Crippen molar-refractivity contribution in [1.29, 1.82) is 0 Å². The lowest BCUT2D eigenvalue weighted by Gasteiger charge is -1.98. The molecular formula is C7H10N2O2. The highest BCUT2D eigenvalue weighted by Crippen LogP contribution is 2.11. The van der Waals surface area contributed by atoms with E-state index < -0.39 is 5.97 Å². The van der Waals surface area contributed by atoms with Crippen LogP contribution in [-0.4, -0.2) is 23.1 Å². The van der Waals surface area contributed by atoms with Gasteiger partial charge in [0.2, 0.25) is 0 Å². The summed E-state index contributed by atoms with van der Waals surface area (Å²) in [5.41, 5.74) is 0.778. The van der Waals surface area contributed by atoms with Crippen LogP contribution in [0.1, 0.15) is 5.56 Å². The second-order valence-electron chi connectivity index (χ2n) is 2.20. The van der Waals surface area contributed by atoms with E-state index in [9.17, 15) is 4.79 Å². The fraction of sp³-hybridized carbons (Fsp3) is 0.286. The van der Waals surface area contributed by atoms with Gasteiger partial charge in [-0.25, -0.2) is 0 Å². The molecule has 4 nitrogen and oxygen atoms in total. The third-order valence-electron chi connectivity index (χ3n) is 1.42. The minimum Gasteiger partial charge on any atom is -0.481 e. The smallest absolute Gasteiger partial charge is 0.307 e. The van der Waals surface area contributed by atoms with Crippen LogP contribution in [0.5, 0.6) is 0 Å². The van der Waals surface area contributed by atoms with E-state index in [1.807, 2.05) is 0 Å². The maximum absolute atomic E-state index is 10.3. The number of anilines is 1. The molecule has 1 aromatic rings. The van der Waals surface area contributed by atoms with Gasteiger partial charge in [-0.05, 0) is 6.07 Å². The normalized spacial score (nSPS) is 9.55. The van der Waals surface area contributed by atoms with Crippen molar-refractivity contribution in [2.75, 3.05) is 12.4 Å². The second kappa shape index (κ2) is 3.09. The lowest BCUT2D eigenvalue weighted by Crippen LogP contribution is -2.01. The van der Waals surface area contributed by atoms with Gasteiger partial charge in [-0.2, -0.15) is 0 Å². The van der Waals surface area contributed by atoms with Crippen LogP contribution in [0.4, 0.5) is 5.82 Å². The average Bonchev–Trinajstić information content (AvgIpc) is 2.34. The summed E-state index contributed by atoms with van der Waals surface area (Å²) in [4.78, 5) is 13.2. The Hall–Kier alpha value is -1.45. The molecule has 0 spiro atoms. The molecule has 0 amide bonds. The number of carboxylic acid groups (broad SMARTS) is 1. The van der Waals surface area contributed by atoms with Crippen molar-refractivity contribution in [2.24, 2.45) is 0 Å². The molecule has 1 rings (SSSR count). The zero-order valence-corrected chi connectivity index (χ0v) is 6.22. The molecule has 0 saturated carbocycles. The van der Waals surface area contributed by atoms with Crippen molar-refractivity contribution >= 4 is 11.8 Å². The molecule has 4 heteroatoms. The molecule has 1 heterocycles. The van der Waals surface area contributed by atoms with Gasteiger partial charge in [-0.3, -0.25) is 4.79 Å². The van der Waals surface area contributed by atoms with Gasteiger partial charge in [-0.15, -0.1) is 0 Å². The first kappa shape index (κ1) is 7.65. The fourth-order valence-electron chi connectivity index (χ4n) is 0.945. The van der Waals surface area contributed by atoms with Crippen LogP contribution in [0.15, 0.2) is 12.3 Å². The number of aromatic amines is 1. The molecule has 60 valence electrons. The summed E-state index contributed by atoms with van der Waals surface area (Å²) < 4.78 is 0. The third-order valence-corrected chi connectivity index (χ3v) is 1.42. The van der Waals surface area contributed by atoms with Gasteiger partial charge in [0, 0.05) is 18.8 Å². The zero-order valence-electron chi connectivity index (χ0n) is 6.22. The average molecular weight is 154 g/mol. The Labute approximate surface area is 64.2 Å². The van der Waals surface area contributed by atoms with Gasteiger partial charge in [0.1, 0.15) is 5.82 Å². The maximum Gasteiger partial charge on any atom is 0.307 e. The fourth-order valence-corrected chi connectivity index (χ4v) is 0.945. The van der Waals surface area contributed by atoms with E-state index in [-0.39, 0.29) is 6.42 Å². The Bertz CT molecular complexity index is 255. The molecule has 0 aliphatic rings. The largest absolute Gasteiger partial charge is 0.481 e. The molecule has 0 aromatic carbocycles. The van der Waals surface area contributed by atoms with E-state index in [0.29, 0.717) is 0 Å². The van der Waals surface area contributed by atoms with Gasteiger partial charge in [0.25, 0.3) is 0 Å². The molecule has 0 bridgehead atoms. The first-order valence-corrected chi connectivity index (χ1v) is 3.30. The van der Waals surface area contributed by atoms with E-state index in [2.05, 4.69) is 10.3 Å². The summed E-state index contributed by atoms with van der Waals surface area (Å²) in [6.45, 7) is 0. The molecule has 0 atom stereocenters. The van der Waals surface area contributed by atoms with Crippen molar-refractivity contribution < 1.29 is 9.90 Å². The zero-order chi connectivity index (χ0) is 8.27. The van der Waals surface area contributed by atoms with Crippen molar-refractivity contribution in [3.63, 3.8) is 0 Å². The highest BCUT2D eigenvalue weighted by atomic mass is 16.4. The molecule has 1 aromatic heterocycles. The minimum absolute atomic E-state index is 0.0552. The number of aliphatic carboxylic acids is 1. The highest BCUT2D eigenvalue weighted by molar-refractivity contribution is 5.72. The highest BCUT2D eigenvalue weighted by Gasteiger charge is 2.05. The summed E-state index contributed by atoms with van der Waals surface area (Å²) in [5.74, 6) is -0.0477. The first-order chi connectivity index (χ1) is 5.24. The van der Waals surface area contributed by atoms with Gasteiger partial charge in [-0.1, -0.05) is 0 Å². The Balaban J connectivity index is 2.76. The predicted octanol–water partition coefficient (Wildman–Crippen LogP) is 0.683. The van der Waals surface area contributed by atoms with E-state index in [1.165, 1.54) is 0 Å². The van der Waals surface area contributed by atoms with E-state index >= 15 is 0 Å². The third kappa shape index (κ3) is 1.73. The Kier molecular flexibility index (Phi) is 2.15. The quantitative estimate of drug-likeness (QED) is 0.600. The number of rotatable bonds is 3. The molecule has 0 aliphatic carbocycles. The van der Waals surface area contributed by atoms with E-state index in [0.717, 1.165) is 11.4 Å². The minimum atomic E-state index is -0.818. The standard InChI is InChI=1S/C7H10N2O2/c1-8-7-5(2-3-9-7)4-6(10)11/h2-3,8-9H,4H2,1H3,(H,10,11). The van der Waals surface area contributed by atoms with E-state index in [1.54, 1.807) is 19.3 Å². The molecule has 0 aliphatic heterocycles. The summed E-state index contributed by atoms with van der Waals surface area (Å²) in [6.07, 6.45) is 1.77. The van der Waals surface area contributed by atoms with Gasteiger partial charge in [0.15, 0.2) is 0 Å². The van der Waals surface area contributed by atoms with Crippen molar-refractivity contribution in [3.8, 4) is 0 Å². The number of hydrogen-bond donors (Lipinski definition) is 3. The number of H-pyrrole nitrogens is 1. The SMILES string of the molecule is CNc1[nH]ccc1CC(=O)O. The van der Waals surface area contributed by atoms with Gasteiger partial charge < -0.3 is 15.4 Å². The van der Waals surface area contributed by atoms with Crippen LogP contribution < -0.4 is 5.32 Å². The maximum atomic E-state index is 10.3. The number of nitrogens with one attached hydrogen (secondary N) is 2. The molecule has 11 heavy (non-hydrogen) atoms. The monoisotopic (exact) mass is 154 g/mol. The Morgan fingerprint density at radius 1 is 1.82 bits per heavy atom. The van der Waals surface area contributed by atoms with Gasteiger partial charge in [0.05, 0.1) is 6.42 Å². The molecule has 0 radical (unpaired) electrons. The topological polar surface area (TPSA) is 65.1 Å². The summed E-state index contributed by atoms with van der Waals surface area (Å²) in [6, 6.07) is 1.75. The first-order valence-electron chi connectivity index (χ1n) is 3.30. The molecule has 3 N–H and O–H groups in total. The summed E-state index contributed by atoms with van der Waals surface area (Å²) in [5, 5.41) is 11.3. The lowest BCUT2D eigenvalue weighted by atomic mass is 10.2. The van der Waals surface area contributed by atoms with Crippen LogP contribution in [0.3, 0.4) is 0 Å². The second-order valence-corrected chi connectivity index (χ2v) is 2.20. The summed E-state index contributed by atoms with van der Waals surface area (Å²) >= 11 is 0. The van der Waals surface area contributed by atoms with Crippen LogP contribution in [0, 0.1) is 0 Å². The van der Waals surface area contributed by atoms with Crippen LogP contribution in [-0.2, 0) is 11.2 Å². The Morgan fingerprint density at radius 3 is 3.09 bits per heavy atom. The number of carbonyl (C=O) groups is 1. The molecule has 0 saturated heterocycles. The van der Waals surface area contributed by atoms with Crippen molar-refractivity contribution in [3.05, 3.63) is 17.8 Å². The lowest BCUT2D eigenvalue weighted by molar-refractivity contribution is -0.136. The van der Waals surface area contributed by atoms with Crippen molar-refractivity contribution in [2.45, 2.75) is 6.42 Å². The number of carboxylic acids is 1. The molecule has 0 unspecified atom stereocenters. The van der Waals surface area contributed by atoms with Crippen molar-refractivity contribution in [1.82, 2.24) is 4.98 Å². The van der Waals surface area contributed by atoms with E-state index in [4.69, 9.17) is 5.11 Å². The number of aromatic nitrogens is 1. The van der Waals surface area contributed by atoms with Crippen LogP contribution >= 0.6 is 0 Å². The Morgan fingerprint density at radius 2 is 2.55 bits per heavy atom.